The van der Waals surface area contributed by atoms with Crippen molar-refractivity contribution in [2.45, 2.75) is 31.9 Å². The molecule has 0 fully saturated rings. The molecule has 0 bridgehead atoms. The van der Waals surface area contributed by atoms with Crippen LogP contribution < -0.4 is 5.73 Å². The number of carbonyl (C=O) groups excluding carboxylic acids is 1. The zero-order chi connectivity index (χ0) is 16.1. The minimum atomic E-state index is -1.04. The van der Waals surface area contributed by atoms with Gasteiger partial charge in [-0.25, -0.2) is 0 Å². The molecule has 0 aromatic rings. The monoisotopic (exact) mass is 307 g/mol. The van der Waals surface area contributed by atoms with E-state index in [4.69, 9.17) is 24.7 Å². The molecule has 2 unspecified atom stereocenters. The van der Waals surface area contributed by atoms with Gasteiger partial charge >= 0.3 is 5.97 Å². The highest BCUT2D eigenvalue weighted by Gasteiger charge is 2.31. The molecule has 126 valence electrons. The Hall–Kier alpha value is -0.730. The number of carbonyl (C=O) groups is 1. The molecule has 0 saturated heterocycles. The Bertz CT molecular complexity index is 272. The van der Waals surface area contributed by atoms with Crippen LogP contribution in [0.4, 0.5) is 0 Å². The third-order valence-corrected chi connectivity index (χ3v) is 2.80. The molecule has 0 heterocycles. The van der Waals surface area contributed by atoms with Gasteiger partial charge in [-0.1, -0.05) is 0 Å². The van der Waals surface area contributed by atoms with Gasteiger partial charge in [-0.3, -0.25) is 4.79 Å². The molecular weight excluding hydrogens is 278 g/mol. The van der Waals surface area contributed by atoms with Crippen LogP contribution in [0.2, 0.25) is 0 Å². The van der Waals surface area contributed by atoms with Crippen LogP contribution in [0.15, 0.2) is 0 Å². The summed E-state index contributed by atoms with van der Waals surface area (Å²) < 4.78 is 25.6. The van der Waals surface area contributed by atoms with E-state index >= 15 is 0 Å². The van der Waals surface area contributed by atoms with Crippen LogP contribution in [0, 0.1) is 0 Å². The Morgan fingerprint density at radius 1 is 1.05 bits per heavy atom. The molecule has 0 aromatic carbocycles. The van der Waals surface area contributed by atoms with Crippen molar-refractivity contribution in [1.29, 1.82) is 0 Å². The Labute approximate surface area is 127 Å². The van der Waals surface area contributed by atoms with Crippen molar-refractivity contribution < 1.29 is 28.5 Å². The van der Waals surface area contributed by atoms with E-state index in [1.165, 1.54) is 7.11 Å². The second-order valence-electron chi connectivity index (χ2n) is 5.01. The van der Waals surface area contributed by atoms with Crippen molar-refractivity contribution in [2.24, 2.45) is 5.73 Å². The molecule has 7 nitrogen and oxygen atoms in total. The number of esters is 1. The smallest absolute Gasteiger partial charge is 0.325 e. The Kier molecular flexibility index (Phi) is 11.5. The molecule has 0 aromatic heterocycles. The van der Waals surface area contributed by atoms with Gasteiger partial charge in [0.1, 0.15) is 5.54 Å². The molecule has 0 aliphatic rings. The topological polar surface area (TPSA) is 89.2 Å². The maximum Gasteiger partial charge on any atom is 0.325 e. The van der Waals surface area contributed by atoms with Crippen LogP contribution >= 0.6 is 0 Å². The van der Waals surface area contributed by atoms with E-state index in [2.05, 4.69) is 4.74 Å². The van der Waals surface area contributed by atoms with E-state index in [1.54, 1.807) is 14.0 Å². The number of ether oxygens (including phenoxy) is 5. The predicted molar refractivity (Wildman–Crippen MR) is 78.2 cm³/mol. The van der Waals surface area contributed by atoms with Gasteiger partial charge in [0, 0.05) is 13.5 Å². The first-order chi connectivity index (χ1) is 9.94. The molecule has 0 radical (unpaired) electrons. The molecule has 0 spiro atoms. The van der Waals surface area contributed by atoms with Gasteiger partial charge in [0.2, 0.25) is 0 Å². The largest absolute Gasteiger partial charge is 0.468 e. The van der Waals surface area contributed by atoms with Crippen LogP contribution in [-0.4, -0.2) is 71.5 Å². The zero-order valence-corrected chi connectivity index (χ0v) is 13.6. The SMILES string of the molecule is COCCOCCOCCOC(C)CC(C)(N)C(=O)OC. The summed E-state index contributed by atoms with van der Waals surface area (Å²) in [6.45, 7) is 6.59. The highest BCUT2D eigenvalue weighted by Crippen LogP contribution is 2.13. The maximum absolute atomic E-state index is 11.4. The summed E-state index contributed by atoms with van der Waals surface area (Å²) in [7, 11) is 2.95. The first kappa shape index (κ1) is 20.3. The van der Waals surface area contributed by atoms with Gasteiger partial charge in [-0.15, -0.1) is 0 Å². The first-order valence-corrected chi connectivity index (χ1v) is 7.07. The lowest BCUT2D eigenvalue weighted by Gasteiger charge is -2.25. The number of hydrogen-bond acceptors (Lipinski definition) is 7. The maximum atomic E-state index is 11.4. The number of nitrogens with two attached hydrogens (primary N) is 1. The first-order valence-electron chi connectivity index (χ1n) is 7.07. The van der Waals surface area contributed by atoms with E-state index in [1.807, 2.05) is 6.92 Å². The predicted octanol–water partition coefficient (Wildman–Crippen LogP) is 0.352. The van der Waals surface area contributed by atoms with Gasteiger partial charge < -0.3 is 29.4 Å². The summed E-state index contributed by atoms with van der Waals surface area (Å²) >= 11 is 0. The minimum Gasteiger partial charge on any atom is -0.468 e. The van der Waals surface area contributed by atoms with Crippen LogP contribution in [0.3, 0.4) is 0 Å². The van der Waals surface area contributed by atoms with E-state index in [0.29, 0.717) is 46.1 Å². The van der Waals surface area contributed by atoms with Gasteiger partial charge in [-0.05, 0) is 13.8 Å². The normalized spacial score (nSPS) is 15.5. The van der Waals surface area contributed by atoms with Crippen molar-refractivity contribution in [3.8, 4) is 0 Å². The highest BCUT2D eigenvalue weighted by molar-refractivity contribution is 5.79. The molecule has 2 atom stereocenters. The third-order valence-electron chi connectivity index (χ3n) is 2.80. The lowest BCUT2D eigenvalue weighted by atomic mass is 9.96. The highest BCUT2D eigenvalue weighted by atomic mass is 16.6. The van der Waals surface area contributed by atoms with Crippen molar-refractivity contribution in [3.05, 3.63) is 0 Å². The average Bonchev–Trinajstić information content (AvgIpc) is 2.44. The summed E-state index contributed by atoms with van der Waals surface area (Å²) in [6, 6.07) is 0. The lowest BCUT2D eigenvalue weighted by molar-refractivity contribution is -0.148. The standard InChI is InChI=1S/C14H29NO6/c1-12(11-14(2,15)13(16)18-4)21-10-9-20-8-7-19-6-5-17-3/h12H,5-11,15H2,1-4H3. The average molecular weight is 307 g/mol. The summed E-state index contributed by atoms with van der Waals surface area (Å²) in [5, 5.41) is 0. The minimum absolute atomic E-state index is 0.152. The zero-order valence-electron chi connectivity index (χ0n) is 13.6. The number of rotatable bonds is 13. The van der Waals surface area contributed by atoms with Gasteiger partial charge in [0.25, 0.3) is 0 Å². The van der Waals surface area contributed by atoms with E-state index in [-0.39, 0.29) is 6.10 Å². The Morgan fingerprint density at radius 2 is 1.57 bits per heavy atom. The lowest BCUT2D eigenvalue weighted by Crippen LogP contribution is -2.48. The molecule has 0 rings (SSSR count). The summed E-state index contributed by atoms with van der Waals surface area (Å²) in [4.78, 5) is 11.4. The fourth-order valence-corrected chi connectivity index (χ4v) is 1.75. The van der Waals surface area contributed by atoms with Crippen molar-refractivity contribution in [3.63, 3.8) is 0 Å². The molecule has 0 amide bonds. The van der Waals surface area contributed by atoms with E-state index in [0.717, 1.165) is 0 Å². The summed E-state index contributed by atoms with van der Waals surface area (Å²) in [5.74, 6) is -0.442. The van der Waals surface area contributed by atoms with Gasteiger partial charge in [0.05, 0.1) is 52.9 Å². The van der Waals surface area contributed by atoms with E-state index in [9.17, 15) is 4.79 Å². The van der Waals surface area contributed by atoms with Crippen molar-refractivity contribution in [1.82, 2.24) is 0 Å². The van der Waals surface area contributed by atoms with Crippen LogP contribution in [0.25, 0.3) is 0 Å². The molecular formula is C14H29NO6. The Balaban J connectivity index is 3.54. The molecule has 0 aliphatic heterocycles. The van der Waals surface area contributed by atoms with Crippen LogP contribution in [0.5, 0.6) is 0 Å². The molecule has 7 heteroatoms. The second-order valence-corrected chi connectivity index (χ2v) is 5.01. The summed E-state index contributed by atoms with van der Waals surface area (Å²) in [6.07, 6.45) is 0.237. The number of methoxy groups -OCH3 is 2. The van der Waals surface area contributed by atoms with Crippen molar-refractivity contribution in [2.75, 3.05) is 53.9 Å². The van der Waals surface area contributed by atoms with Crippen molar-refractivity contribution >= 4 is 5.97 Å². The second kappa shape index (κ2) is 11.9. The quantitative estimate of drug-likeness (QED) is 0.388. The molecule has 0 aliphatic carbocycles. The molecule has 2 N–H and O–H groups in total. The number of hydrogen-bond donors (Lipinski definition) is 1. The van der Waals surface area contributed by atoms with Gasteiger partial charge in [0.15, 0.2) is 0 Å². The molecule has 0 saturated carbocycles. The fraction of sp³-hybridized carbons (Fsp3) is 0.929. The van der Waals surface area contributed by atoms with Crippen LogP contribution in [0.1, 0.15) is 20.3 Å². The van der Waals surface area contributed by atoms with E-state index < -0.39 is 11.5 Å². The summed E-state index contributed by atoms with van der Waals surface area (Å²) in [5.41, 5.74) is 4.83. The molecule has 21 heavy (non-hydrogen) atoms. The fourth-order valence-electron chi connectivity index (χ4n) is 1.75. The van der Waals surface area contributed by atoms with Gasteiger partial charge in [-0.2, -0.15) is 0 Å². The Morgan fingerprint density at radius 3 is 2.10 bits per heavy atom. The van der Waals surface area contributed by atoms with Crippen LogP contribution in [-0.2, 0) is 28.5 Å². The third kappa shape index (κ3) is 10.6.